The molecule has 2 aromatic rings. The van der Waals surface area contributed by atoms with Gasteiger partial charge in [-0.2, -0.15) is 0 Å². The van der Waals surface area contributed by atoms with Crippen molar-refractivity contribution in [3.63, 3.8) is 0 Å². The summed E-state index contributed by atoms with van der Waals surface area (Å²) in [4.78, 5) is 21.3. The van der Waals surface area contributed by atoms with E-state index in [0.29, 0.717) is 5.82 Å². The van der Waals surface area contributed by atoms with E-state index in [0.717, 1.165) is 17.7 Å². The predicted octanol–water partition coefficient (Wildman–Crippen LogP) is 2.09. The fraction of sp³-hybridized carbons (Fsp3) is 0.308. The Bertz CT molecular complexity index is 540. The molecule has 2 rings (SSSR count). The average molecular weight is 291 g/mol. The van der Waals surface area contributed by atoms with Gasteiger partial charge in [0.15, 0.2) is 5.82 Å². The molecule has 4 N–H and O–H groups in total. The van der Waals surface area contributed by atoms with E-state index < -0.39 is 0 Å². The number of aromatic nitrogens is 2. The summed E-state index contributed by atoms with van der Waals surface area (Å²) in [7, 11) is 0. The normalized spacial score (nSPS) is 11.9. The third kappa shape index (κ3) is 3.52. The monoisotopic (exact) mass is 291 g/mol. The summed E-state index contributed by atoms with van der Waals surface area (Å²) in [6.45, 7) is 2.09. The number of hydrogen-bond acceptors (Lipinski definition) is 6. The van der Waals surface area contributed by atoms with Crippen LogP contribution in [0.15, 0.2) is 29.9 Å². The van der Waals surface area contributed by atoms with Crippen LogP contribution in [0.5, 0.6) is 0 Å². The van der Waals surface area contributed by atoms with Crippen molar-refractivity contribution < 1.29 is 4.79 Å². The first kappa shape index (κ1) is 14.4. The Balaban J connectivity index is 2.07. The van der Waals surface area contributed by atoms with Gasteiger partial charge in [0, 0.05) is 4.88 Å². The lowest BCUT2D eigenvalue weighted by Gasteiger charge is -2.16. The van der Waals surface area contributed by atoms with Crippen LogP contribution in [0.3, 0.4) is 0 Å². The van der Waals surface area contributed by atoms with Crippen molar-refractivity contribution in [2.45, 2.75) is 25.8 Å². The first-order chi connectivity index (χ1) is 9.74. The van der Waals surface area contributed by atoms with Crippen LogP contribution in [0.25, 0.3) is 0 Å². The highest BCUT2D eigenvalue weighted by Gasteiger charge is 2.16. The van der Waals surface area contributed by atoms with Gasteiger partial charge in [0.25, 0.3) is 5.91 Å². The van der Waals surface area contributed by atoms with Crippen LogP contribution in [0, 0.1) is 0 Å². The summed E-state index contributed by atoms with van der Waals surface area (Å²) in [5, 5.41) is 5.00. The minimum absolute atomic E-state index is 0.0154. The van der Waals surface area contributed by atoms with E-state index in [-0.39, 0.29) is 17.6 Å². The maximum absolute atomic E-state index is 12.2. The minimum Gasteiger partial charge on any atom is -0.343 e. The zero-order valence-electron chi connectivity index (χ0n) is 11.2. The van der Waals surface area contributed by atoms with Gasteiger partial charge in [-0.3, -0.25) is 4.79 Å². The summed E-state index contributed by atoms with van der Waals surface area (Å²) in [6, 6.07) is 4.02. The molecule has 1 atom stereocenters. The predicted molar refractivity (Wildman–Crippen MR) is 79.3 cm³/mol. The minimum atomic E-state index is -0.229. The van der Waals surface area contributed by atoms with Crippen molar-refractivity contribution >= 4 is 23.1 Å². The molecule has 106 valence electrons. The highest BCUT2D eigenvalue weighted by Crippen LogP contribution is 2.23. The molecular formula is C13H17N5OS. The van der Waals surface area contributed by atoms with Crippen LogP contribution in [-0.2, 0) is 0 Å². The van der Waals surface area contributed by atoms with Crippen molar-refractivity contribution in [2.75, 3.05) is 5.43 Å². The summed E-state index contributed by atoms with van der Waals surface area (Å²) < 4.78 is 0. The molecule has 1 amide bonds. The van der Waals surface area contributed by atoms with E-state index in [1.165, 1.54) is 12.4 Å². The smallest absolute Gasteiger partial charge is 0.271 e. The Morgan fingerprint density at radius 2 is 2.30 bits per heavy atom. The molecule has 0 radical (unpaired) electrons. The Morgan fingerprint density at radius 1 is 1.45 bits per heavy atom. The fourth-order valence-electron chi connectivity index (χ4n) is 1.82. The molecule has 0 aromatic carbocycles. The summed E-state index contributed by atoms with van der Waals surface area (Å²) in [6.07, 6.45) is 4.71. The molecule has 0 fully saturated rings. The number of rotatable bonds is 6. The van der Waals surface area contributed by atoms with Crippen LogP contribution in [0.1, 0.15) is 41.2 Å². The second kappa shape index (κ2) is 6.97. The van der Waals surface area contributed by atoms with E-state index in [2.05, 4.69) is 27.6 Å². The quantitative estimate of drug-likeness (QED) is 0.560. The van der Waals surface area contributed by atoms with Gasteiger partial charge in [-0.05, 0) is 17.9 Å². The lowest BCUT2D eigenvalue weighted by molar-refractivity contribution is 0.0930. The number of amides is 1. The van der Waals surface area contributed by atoms with Gasteiger partial charge in [-0.25, -0.2) is 15.8 Å². The first-order valence-corrected chi connectivity index (χ1v) is 7.25. The number of hydrazine groups is 1. The lowest BCUT2D eigenvalue weighted by Crippen LogP contribution is -2.29. The Kier molecular flexibility index (Phi) is 5.03. The number of nitrogens with one attached hydrogen (secondary N) is 2. The zero-order valence-corrected chi connectivity index (χ0v) is 12.0. The van der Waals surface area contributed by atoms with Gasteiger partial charge in [0.1, 0.15) is 5.69 Å². The maximum Gasteiger partial charge on any atom is 0.271 e. The van der Waals surface area contributed by atoms with Crippen LogP contribution in [0.2, 0.25) is 0 Å². The highest BCUT2D eigenvalue weighted by atomic mass is 32.1. The van der Waals surface area contributed by atoms with Crippen molar-refractivity contribution in [3.05, 3.63) is 40.5 Å². The molecule has 2 aromatic heterocycles. The number of carbonyl (C=O) groups excluding carboxylic acids is 1. The number of carbonyl (C=O) groups is 1. The average Bonchev–Trinajstić information content (AvgIpc) is 3.01. The maximum atomic E-state index is 12.2. The van der Waals surface area contributed by atoms with Gasteiger partial charge >= 0.3 is 0 Å². The first-order valence-electron chi connectivity index (χ1n) is 6.37. The number of nitrogen functional groups attached to an aromatic ring is 1. The second-order valence-corrected chi connectivity index (χ2v) is 5.24. The number of anilines is 1. The molecule has 7 heteroatoms. The zero-order chi connectivity index (χ0) is 14.4. The number of nitrogens with zero attached hydrogens (tertiary/aromatic N) is 2. The Labute approximate surface area is 121 Å². The molecule has 1 unspecified atom stereocenters. The van der Waals surface area contributed by atoms with Crippen LogP contribution in [-0.4, -0.2) is 15.9 Å². The van der Waals surface area contributed by atoms with Gasteiger partial charge in [-0.15, -0.1) is 11.3 Å². The SMILES string of the molecule is CCCC(NC(=O)c1cnc(NN)cn1)c1cccs1. The molecule has 0 aliphatic heterocycles. The Hall–Kier alpha value is -1.99. The van der Waals surface area contributed by atoms with Crippen LogP contribution < -0.4 is 16.6 Å². The Morgan fingerprint density at radius 3 is 2.85 bits per heavy atom. The highest BCUT2D eigenvalue weighted by molar-refractivity contribution is 7.10. The standard InChI is InChI=1S/C13H17N5OS/c1-2-4-9(11-5-3-6-20-11)17-13(19)10-7-16-12(18-14)8-15-10/h3,5-9H,2,4,14H2,1H3,(H,16,18)(H,17,19). The summed E-state index contributed by atoms with van der Waals surface area (Å²) >= 11 is 1.64. The van der Waals surface area contributed by atoms with Crippen molar-refractivity contribution in [3.8, 4) is 0 Å². The number of thiophene rings is 1. The molecule has 20 heavy (non-hydrogen) atoms. The summed E-state index contributed by atoms with van der Waals surface area (Å²) in [5.74, 6) is 5.40. The lowest BCUT2D eigenvalue weighted by atomic mass is 10.1. The second-order valence-electron chi connectivity index (χ2n) is 4.26. The van der Waals surface area contributed by atoms with Crippen LogP contribution in [0.4, 0.5) is 5.82 Å². The molecular weight excluding hydrogens is 274 g/mol. The summed E-state index contributed by atoms with van der Waals surface area (Å²) in [5.41, 5.74) is 2.65. The molecule has 0 saturated carbocycles. The van der Waals surface area contributed by atoms with Gasteiger partial charge in [0.05, 0.1) is 18.4 Å². The van der Waals surface area contributed by atoms with E-state index >= 15 is 0 Å². The molecule has 2 heterocycles. The van der Waals surface area contributed by atoms with Gasteiger partial charge in [0.2, 0.25) is 0 Å². The molecule has 0 aliphatic rings. The van der Waals surface area contributed by atoms with Crippen LogP contribution >= 0.6 is 11.3 Å². The molecule has 0 spiro atoms. The van der Waals surface area contributed by atoms with E-state index in [1.54, 1.807) is 11.3 Å². The molecule has 0 bridgehead atoms. The molecule has 6 nitrogen and oxygen atoms in total. The van der Waals surface area contributed by atoms with Crippen molar-refractivity contribution in [1.82, 2.24) is 15.3 Å². The van der Waals surface area contributed by atoms with Crippen molar-refractivity contribution in [1.29, 1.82) is 0 Å². The van der Waals surface area contributed by atoms with Crippen molar-refractivity contribution in [2.24, 2.45) is 5.84 Å². The van der Waals surface area contributed by atoms with E-state index in [9.17, 15) is 4.79 Å². The topological polar surface area (TPSA) is 92.9 Å². The largest absolute Gasteiger partial charge is 0.343 e. The van der Waals surface area contributed by atoms with Gasteiger partial charge in [-0.1, -0.05) is 19.4 Å². The van der Waals surface area contributed by atoms with Gasteiger partial charge < -0.3 is 10.7 Å². The third-order valence-electron chi connectivity index (χ3n) is 2.80. The van der Waals surface area contributed by atoms with E-state index in [1.807, 2.05) is 17.5 Å². The number of nitrogens with two attached hydrogens (primary N) is 1. The molecule has 0 aliphatic carbocycles. The molecule has 0 saturated heterocycles. The fourth-order valence-corrected chi connectivity index (χ4v) is 2.63. The van der Waals surface area contributed by atoms with E-state index in [4.69, 9.17) is 5.84 Å². The third-order valence-corrected chi connectivity index (χ3v) is 3.79. The number of hydrogen-bond donors (Lipinski definition) is 3.